The van der Waals surface area contributed by atoms with Crippen LogP contribution < -0.4 is 10.6 Å². The third-order valence-electron chi connectivity index (χ3n) is 8.82. The van der Waals surface area contributed by atoms with Crippen LogP contribution in [0.2, 0.25) is 0 Å². The number of primary amides is 1. The van der Waals surface area contributed by atoms with Crippen molar-refractivity contribution in [1.82, 2.24) is 14.9 Å². The van der Waals surface area contributed by atoms with Crippen LogP contribution in [-0.4, -0.2) is 40.9 Å². The summed E-state index contributed by atoms with van der Waals surface area (Å²) in [5.74, 6) is 1.40. The first-order chi connectivity index (χ1) is 18.9. The summed E-state index contributed by atoms with van der Waals surface area (Å²) >= 11 is 0. The summed E-state index contributed by atoms with van der Waals surface area (Å²) in [7, 11) is 2.23. The lowest BCUT2D eigenvalue weighted by molar-refractivity contribution is -0.122. The first-order valence-electron chi connectivity index (χ1n) is 14.7. The number of hydrogen-bond acceptors (Lipinski definition) is 5. The highest BCUT2D eigenvalue weighted by atomic mass is 16.1. The van der Waals surface area contributed by atoms with E-state index in [0.717, 1.165) is 80.1 Å². The summed E-state index contributed by atoms with van der Waals surface area (Å²) in [5.41, 5.74) is 14.6. The largest absolute Gasteiger partial charge is 0.369 e. The number of benzene rings is 2. The molecule has 206 valence electrons. The van der Waals surface area contributed by atoms with E-state index in [-0.39, 0.29) is 11.8 Å². The minimum Gasteiger partial charge on any atom is -0.369 e. The van der Waals surface area contributed by atoms with Crippen molar-refractivity contribution in [3.8, 4) is 11.4 Å². The van der Waals surface area contributed by atoms with E-state index in [4.69, 9.17) is 15.7 Å². The molecule has 39 heavy (non-hydrogen) atoms. The molecule has 1 aliphatic carbocycles. The van der Waals surface area contributed by atoms with Gasteiger partial charge in [-0.05, 0) is 81.2 Å². The van der Waals surface area contributed by atoms with Gasteiger partial charge in [0.1, 0.15) is 5.82 Å². The van der Waals surface area contributed by atoms with Gasteiger partial charge in [0.15, 0.2) is 5.82 Å². The molecule has 0 saturated carbocycles. The number of anilines is 1. The molecule has 0 spiro atoms. The lowest BCUT2D eigenvalue weighted by Gasteiger charge is -2.36. The number of piperidine rings is 1. The molecule has 3 aromatic rings. The molecular weight excluding hydrogens is 482 g/mol. The Morgan fingerprint density at radius 3 is 2.49 bits per heavy atom. The third kappa shape index (κ3) is 5.58. The van der Waals surface area contributed by atoms with Crippen molar-refractivity contribution in [2.45, 2.75) is 78.3 Å². The lowest BCUT2D eigenvalue weighted by Crippen LogP contribution is -2.42. The molecule has 0 radical (unpaired) electrons. The molecule has 1 aromatic heterocycles. The van der Waals surface area contributed by atoms with Gasteiger partial charge in [0.2, 0.25) is 5.91 Å². The predicted molar refractivity (Wildman–Crippen MR) is 159 cm³/mol. The molecule has 1 aliphatic heterocycles. The van der Waals surface area contributed by atoms with Crippen molar-refractivity contribution < 1.29 is 4.79 Å². The molecule has 1 fully saturated rings. The van der Waals surface area contributed by atoms with Crippen LogP contribution in [0.1, 0.15) is 79.1 Å². The zero-order chi connectivity index (χ0) is 27.5. The maximum Gasteiger partial charge on any atom is 0.222 e. The SMILES string of the molecule is CCc1cccc(CC)c1-c1nc(C)c(CN(C)[C@H]2CCCc3ccccc32)c(N2CCCC(C(N)=O)C2)n1. The summed E-state index contributed by atoms with van der Waals surface area (Å²) in [4.78, 5) is 27.4. The van der Waals surface area contributed by atoms with Gasteiger partial charge in [-0.1, -0.05) is 56.3 Å². The van der Waals surface area contributed by atoms with Crippen LogP contribution in [0.4, 0.5) is 5.82 Å². The topological polar surface area (TPSA) is 75.3 Å². The molecule has 0 bridgehead atoms. The van der Waals surface area contributed by atoms with Gasteiger partial charge in [-0.25, -0.2) is 9.97 Å². The third-order valence-corrected chi connectivity index (χ3v) is 8.82. The molecule has 1 unspecified atom stereocenters. The van der Waals surface area contributed by atoms with Crippen LogP contribution >= 0.6 is 0 Å². The maximum atomic E-state index is 12.2. The first-order valence-corrected chi connectivity index (χ1v) is 14.7. The Morgan fingerprint density at radius 2 is 1.77 bits per heavy atom. The number of carbonyl (C=O) groups excluding carboxylic acids is 1. The molecule has 2 aromatic carbocycles. The van der Waals surface area contributed by atoms with E-state index in [1.807, 2.05) is 0 Å². The zero-order valence-electron chi connectivity index (χ0n) is 24.0. The summed E-state index contributed by atoms with van der Waals surface area (Å²) < 4.78 is 0. The first kappa shape index (κ1) is 27.3. The predicted octanol–water partition coefficient (Wildman–Crippen LogP) is 5.79. The number of nitrogens with two attached hydrogens (primary N) is 1. The fourth-order valence-corrected chi connectivity index (χ4v) is 6.62. The normalized spacial score (nSPS) is 19.3. The second-order valence-electron chi connectivity index (χ2n) is 11.3. The van der Waals surface area contributed by atoms with E-state index < -0.39 is 0 Å². The van der Waals surface area contributed by atoms with Gasteiger partial charge < -0.3 is 10.6 Å². The molecule has 5 rings (SSSR count). The van der Waals surface area contributed by atoms with Crippen molar-refractivity contribution in [2.75, 3.05) is 25.0 Å². The molecule has 2 N–H and O–H groups in total. The number of carbonyl (C=O) groups is 1. The Labute approximate surface area is 233 Å². The minimum atomic E-state index is -0.215. The van der Waals surface area contributed by atoms with Gasteiger partial charge in [-0.3, -0.25) is 9.69 Å². The van der Waals surface area contributed by atoms with Crippen LogP contribution in [0, 0.1) is 12.8 Å². The summed E-state index contributed by atoms with van der Waals surface area (Å²) in [6.07, 6.45) is 7.14. The van der Waals surface area contributed by atoms with Crippen molar-refractivity contribution >= 4 is 11.7 Å². The van der Waals surface area contributed by atoms with Gasteiger partial charge in [-0.2, -0.15) is 0 Å². The van der Waals surface area contributed by atoms with E-state index in [1.54, 1.807) is 0 Å². The van der Waals surface area contributed by atoms with Crippen molar-refractivity contribution in [3.63, 3.8) is 0 Å². The number of aryl methyl sites for hydroxylation is 4. The Bertz CT molecular complexity index is 1310. The number of aromatic nitrogens is 2. The molecular formula is C33H43N5O. The number of fused-ring (bicyclic) bond motifs is 1. The van der Waals surface area contributed by atoms with Crippen LogP contribution in [-0.2, 0) is 30.6 Å². The van der Waals surface area contributed by atoms with Crippen LogP contribution in [0.3, 0.4) is 0 Å². The second kappa shape index (κ2) is 11.9. The lowest BCUT2D eigenvalue weighted by atomic mass is 9.87. The van der Waals surface area contributed by atoms with Gasteiger partial charge in [-0.15, -0.1) is 0 Å². The van der Waals surface area contributed by atoms with Gasteiger partial charge in [0.25, 0.3) is 0 Å². The number of hydrogen-bond donors (Lipinski definition) is 1. The standard InChI is InChI=1S/C33H43N5O/c1-5-23-13-9-14-24(6-2)30(23)32-35-22(3)28(33(36-32)38-19-11-16-26(20-38)31(34)39)21-37(4)29-18-10-15-25-12-7-8-17-27(25)29/h7-9,12-14,17,26,29H,5-6,10-11,15-16,18-21H2,1-4H3,(H2,34,39)/t26?,29-/m0/s1. The van der Waals surface area contributed by atoms with Crippen LogP contribution in [0.15, 0.2) is 42.5 Å². The van der Waals surface area contributed by atoms with Crippen molar-refractivity contribution in [1.29, 1.82) is 0 Å². The minimum absolute atomic E-state index is 0.151. The van der Waals surface area contributed by atoms with Gasteiger partial charge in [0, 0.05) is 42.5 Å². The highest BCUT2D eigenvalue weighted by molar-refractivity contribution is 5.78. The van der Waals surface area contributed by atoms with E-state index >= 15 is 0 Å². The van der Waals surface area contributed by atoms with Crippen molar-refractivity contribution in [3.05, 3.63) is 76.0 Å². The molecule has 6 heteroatoms. The van der Waals surface area contributed by atoms with Crippen LogP contribution in [0.5, 0.6) is 0 Å². The Kier molecular flexibility index (Phi) is 8.31. The van der Waals surface area contributed by atoms with Gasteiger partial charge in [0.05, 0.1) is 5.92 Å². The summed E-state index contributed by atoms with van der Waals surface area (Å²) in [6.45, 7) is 8.76. The monoisotopic (exact) mass is 525 g/mol. The molecule has 1 saturated heterocycles. The molecule has 2 heterocycles. The molecule has 1 amide bonds. The average Bonchev–Trinajstić information content (AvgIpc) is 2.97. The quantitative estimate of drug-likeness (QED) is 0.403. The second-order valence-corrected chi connectivity index (χ2v) is 11.3. The average molecular weight is 526 g/mol. The summed E-state index contributed by atoms with van der Waals surface area (Å²) in [6, 6.07) is 15.8. The van der Waals surface area contributed by atoms with E-state index in [1.165, 1.54) is 28.7 Å². The molecule has 2 aliphatic rings. The van der Waals surface area contributed by atoms with Crippen molar-refractivity contribution in [2.24, 2.45) is 11.7 Å². The zero-order valence-corrected chi connectivity index (χ0v) is 24.0. The number of rotatable bonds is 8. The maximum absolute atomic E-state index is 12.2. The molecule has 2 atom stereocenters. The fraction of sp³-hybridized carbons (Fsp3) is 0.485. The molecule has 6 nitrogen and oxygen atoms in total. The Balaban J connectivity index is 1.58. The number of nitrogens with zero attached hydrogens (tertiary/aromatic N) is 4. The van der Waals surface area contributed by atoms with E-state index in [2.05, 4.69) is 80.1 Å². The number of amides is 1. The highest BCUT2D eigenvalue weighted by Gasteiger charge is 2.30. The van der Waals surface area contributed by atoms with Gasteiger partial charge >= 0.3 is 0 Å². The fourth-order valence-electron chi connectivity index (χ4n) is 6.62. The Morgan fingerprint density at radius 1 is 1.03 bits per heavy atom. The Hall–Kier alpha value is -3.25. The highest BCUT2D eigenvalue weighted by Crippen LogP contribution is 2.37. The van der Waals surface area contributed by atoms with E-state index in [0.29, 0.717) is 12.6 Å². The smallest absolute Gasteiger partial charge is 0.222 e. The van der Waals surface area contributed by atoms with Crippen LogP contribution in [0.25, 0.3) is 11.4 Å². The van der Waals surface area contributed by atoms with E-state index in [9.17, 15) is 4.79 Å². The summed E-state index contributed by atoms with van der Waals surface area (Å²) in [5, 5.41) is 0.